The Morgan fingerprint density at radius 2 is 1.50 bits per heavy atom. The Labute approximate surface area is 164 Å². The van der Waals surface area contributed by atoms with Gasteiger partial charge in [0.05, 0.1) is 0 Å². The van der Waals surface area contributed by atoms with Crippen LogP contribution in [0.25, 0.3) is 43.6 Å². The molecule has 0 N–H and O–H groups in total. The van der Waals surface area contributed by atoms with Crippen LogP contribution in [0.2, 0.25) is 0 Å². The monoisotopic (exact) mass is 360 g/mol. The quantitative estimate of drug-likeness (QED) is 0.244. The van der Waals surface area contributed by atoms with Crippen LogP contribution in [-0.2, 0) is 13.5 Å². The van der Waals surface area contributed by atoms with Crippen LogP contribution < -0.4 is 4.57 Å². The summed E-state index contributed by atoms with van der Waals surface area (Å²) in [7, 11) is 2.15. The van der Waals surface area contributed by atoms with Gasteiger partial charge in [0.25, 0.3) is 0 Å². The Balaban J connectivity index is 1.84. The van der Waals surface area contributed by atoms with Gasteiger partial charge >= 0.3 is 0 Å². The third-order valence-corrected chi connectivity index (χ3v) is 6.55. The Hall–Kier alpha value is -3.19. The van der Waals surface area contributed by atoms with Gasteiger partial charge in [-0.2, -0.15) is 0 Å². The second-order valence-electron chi connectivity index (χ2n) is 8.21. The molecular formula is C27H22N+. The van der Waals surface area contributed by atoms with Crippen LogP contribution in [0.4, 0.5) is 0 Å². The minimum Gasteiger partial charge on any atom is -0.201 e. The van der Waals surface area contributed by atoms with E-state index in [4.69, 9.17) is 0 Å². The van der Waals surface area contributed by atoms with Crippen LogP contribution in [0.15, 0.2) is 66.9 Å². The zero-order chi connectivity index (χ0) is 19.0. The van der Waals surface area contributed by atoms with Gasteiger partial charge in [0, 0.05) is 17.2 Å². The smallest absolute Gasteiger partial charge is 0.201 e. The molecule has 0 fully saturated rings. The van der Waals surface area contributed by atoms with Gasteiger partial charge in [0.2, 0.25) is 5.69 Å². The van der Waals surface area contributed by atoms with E-state index in [1.807, 2.05) is 0 Å². The second-order valence-corrected chi connectivity index (χ2v) is 8.21. The number of hydrogen-bond acceptors (Lipinski definition) is 0. The van der Waals surface area contributed by atoms with Crippen molar-refractivity contribution in [3.8, 4) is 11.3 Å². The summed E-state index contributed by atoms with van der Waals surface area (Å²) in [5.74, 6) is 0. The van der Waals surface area contributed by atoms with E-state index in [0.29, 0.717) is 0 Å². The number of hydrogen-bond donors (Lipinski definition) is 0. The molecule has 4 aromatic carbocycles. The van der Waals surface area contributed by atoms with Crippen LogP contribution in [0.1, 0.15) is 22.3 Å². The first kappa shape index (κ1) is 15.8. The van der Waals surface area contributed by atoms with Gasteiger partial charge in [0.15, 0.2) is 6.20 Å². The van der Waals surface area contributed by atoms with Crippen LogP contribution in [0.3, 0.4) is 0 Å². The van der Waals surface area contributed by atoms with Crippen molar-refractivity contribution in [3.63, 3.8) is 0 Å². The van der Waals surface area contributed by atoms with E-state index in [2.05, 4.69) is 92.3 Å². The van der Waals surface area contributed by atoms with Crippen molar-refractivity contribution in [2.75, 3.05) is 0 Å². The lowest BCUT2D eigenvalue weighted by Gasteiger charge is -2.14. The van der Waals surface area contributed by atoms with Gasteiger partial charge in [-0.25, -0.2) is 4.57 Å². The summed E-state index contributed by atoms with van der Waals surface area (Å²) in [5, 5.41) is 8.45. The first-order chi connectivity index (χ1) is 13.6. The molecule has 0 radical (unpaired) electrons. The Kier molecular flexibility index (Phi) is 3.06. The topological polar surface area (TPSA) is 3.88 Å². The summed E-state index contributed by atoms with van der Waals surface area (Å²) in [6, 6.07) is 22.6. The fraction of sp³-hybridized carbons (Fsp3) is 0.148. The Morgan fingerprint density at radius 3 is 2.29 bits per heavy atom. The zero-order valence-corrected chi connectivity index (χ0v) is 16.5. The molecule has 0 saturated carbocycles. The standard InChI is InChI=1S/C27H22N/c1-16-11-12-25(28(3)15-16)22-14-24-20-9-5-4-8-19(20)21-10-6-7-18-13-23(17(22)2)27(24)26(18)21/h4-12,14-15H,13H2,1-3H3/q+1. The first-order valence-electron chi connectivity index (χ1n) is 9.98. The lowest BCUT2D eigenvalue weighted by Crippen LogP contribution is -2.31. The molecule has 134 valence electrons. The maximum absolute atomic E-state index is 2.43. The summed E-state index contributed by atoms with van der Waals surface area (Å²) in [6.07, 6.45) is 3.25. The number of fused-ring (bicyclic) bond motifs is 3. The average Bonchev–Trinajstić information content (AvgIpc) is 3.10. The van der Waals surface area contributed by atoms with Crippen LogP contribution in [0, 0.1) is 13.8 Å². The molecule has 1 aliphatic rings. The summed E-state index contributed by atoms with van der Waals surface area (Å²) < 4.78 is 2.26. The SMILES string of the molecule is Cc1ccc(-c2cc3c4ccccc4c4cccc5c4c3c(c2C)C5)[n+](C)c1. The molecule has 0 atom stereocenters. The number of aromatic nitrogens is 1. The van der Waals surface area contributed by atoms with Crippen molar-refractivity contribution < 1.29 is 4.57 Å². The summed E-state index contributed by atoms with van der Waals surface area (Å²) >= 11 is 0. The van der Waals surface area contributed by atoms with Gasteiger partial charge < -0.3 is 0 Å². The normalized spacial score (nSPS) is 12.7. The van der Waals surface area contributed by atoms with Crippen molar-refractivity contribution in [2.24, 2.45) is 7.05 Å². The molecule has 0 unspecified atom stereocenters. The second kappa shape index (κ2) is 5.42. The van der Waals surface area contributed by atoms with E-state index in [0.717, 1.165) is 6.42 Å². The molecule has 1 heterocycles. The van der Waals surface area contributed by atoms with Crippen molar-refractivity contribution in [1.82, 2.24) is 0 Å². The number of aryl methyl sites for hydroxylation is 2. The van der Waals surface area contributed by atoms with Crippen LogP contribution in [0.5, 0.6) is 0 Å². The van der Waals surface area contributed by atoms with E-state index in [1.54, 1.807) is 0 Å². The summed E-state index contributed by atoms with van der Waals surface area (Å²) in [6.45, 7) is 4.45. The highest BCUT2D eigenvalue weighted by atomic mass is 14.9. The van der Waals surface area contributed by atoms with Crippen molar-refractivity contribution >= 4 is 32.3 Å². The molecule has 0 saturated heterocycles. The number of rotatable bonds is 1. The predicted octanol–water partition coefficient (Wildman–Crippen LogP) is 6.16. The molecule has 0 aliphatic heterocycles. The molecule has 1 aromatic heterocycles. The summed E-state index contributed by atoms with van der Waals surface area (Å²) in [4.78, 5) is 0. The maximum atomic E-state index is 2.43. The maximum Gasteiger partial charge on any atom is 0.212 e. The molecule has 5 aromatic rings. The number of pyridine rings is 1. The van der Waals surface area contributed by atoms with Crippen LogP contribution in [-0.4, -0.2) is 0 Å². The first-order valence-corrected chi connectivity index (χ1v) is 9.98. The minimum atomic E-state index is 1.04. The van der Waals surface area contributed by atoms with Gasteiger partial charge in [-0.05, 0) is 81.4 Å². The molecule has 1 nitrogen and oxygen atoms in total. The van der Waals surface area contributed by atoms with Gasteiger partial charge in [-0.1, -0.05) is 42.5 Å². The molecule has 0 spiro atoms. The third-order valence-electron chi connectivity index (χ3n) is 6.55. The highest BCUT2D eigenvalue weighted by Crippen LogP contribution is 2.46. The molecule has 1 aliphatic carbocycles. The van der Waals surface area contributed by atoms with Crippen molar-refractivity contribution in [3.05, 3.63) is 89.1 Å². The van der Waals surface area contributed by atoms with E-state index in [1.165, 1.54) is 65.8 Å². The highest BCUT2D eigenvalue weighted by Gasteiger charge is 2.25. The van der Waals surface area contributed by atoms with Crippen molar-refractivity contribution in [1.29, 1.82) is 0 Å². The van der Waals surface area contributed by atoms with E-state index in [9.17, 15) is 0 Å². The average molecular weight is 360 g/mol. The van der Waals surface area contributed by atoms with E-state index >= 15 is 0 Å². The predicted molar refractivity (Wildman–Crippen MR) is 118 cm³/mol. The van der Waals surface area contributed by atoms with Gasteiger partial charge in [0.1, 0.15) is 7.05 Å². The molecular weight excluding hydrogens is 338 g/mol. The fourth-order valence-corrected chi connectivity index (χ4v) is 5.26. The molecule has 1 heteroatoms. The van der Waals surface area contributed by atoms with E-state index < -0.39 is 0 Å². The van der Waals surface area contributed by atoms with Crippen molar-refractivity contribution in [2.45, 2.75) is 20.3 Å². The minimum absolute atomic E-state index is 1.04. The number of nitrogens with zero attached hydrogens (tertiary/aromatic N) is 1. The summed E-state index contributed by atoms with van der Waals surface area (Å²) in [5.41, 5.74) is 8.30. The van der Waals surface area contributed by atoms with Gasteiger partial charge in [-0.15, -0.1) is 0 Å². The number of benzene rings is 4. The Morgan fingerprint density at radius 1 is 0.750 bits per heavy atom. The lowest BCUT2D eigenvalue weighted by molar-refractivity contribution is -0.660. The molecule has 0 amide bonds. The fourth-order valence-electron chi connectivity index (χ4n) is 5.26. The highest BCUT2D eigenvalue weighted by molar-refractivity contribution is 6.29. The molecule has 6 rings (SSSR count). The van der Waals surface area contributed by atoms with Gasteiger partial charge in [-0.3, -0.25) is 0 Å². The molecule has 28 heavy (non-hydrogen) atoms. The third kappa shape index (κ3) is 1.94. The van der Waals surface area contributed by atoms with E-state index in [-0.39, 0.29) is 0 Å². The zero-order valence-electron chi connectivity index (χ0n) is 16.5. The Bertz CT molecular complexity index is 1460. The van der Waals surface area contributed by atoms with Crippen LogP contribution >= 0.6 is 0 Å². The molecule has 0 bridgehead atoms. The lowest BCUT2D eigenvalue weighted by atomic mass is 9.90. The largest absolute Gasteiger partial charge is 0.212 e.